The van der Waals surface area contributed by atoms with Crippen molar-refractivity contribution >= 4 is 29.4 Å². The fourth-order valence-corrected chi connectivity index (χ4v) is 5.31. The molecule has 2 atom stereocenters. The van der Waals surface area contributed by atoms with Gasteiger partial charge in [-0.05, 0) is 49.8 Å². The number of nitrogens with one attached hydrogen (secondary N) is 2. The van der Waals surface area contributed by atoms with E-state index in [1.54, 1.807) is 4.90 Å². The molecule has 0 bridgehead atoms. The minimum atomic E-state index is -0.850. The Labute approximate surface area is 200 Å². The van der Waals surface area contributed by atoms with Crippen LogP contribution in [0.2, 0.25) is 0 Å². The molecule has 34 heavy (non-hydrogen) atoms. The normalized spacial score (nSPS) is 25.6. The van der Waals surface area contributed by atoms with Crippen molar-refractivity contribution in [1.82, 2.24) is 20.0 Å². The SMILES string of the molecule is Cc1cccc(NC(=O)CN2CCN(C(=O)CN3C(=O)N[C@]4(CCCC[C@@H]4C)C3=O)CC2)c1C. The van der Waals surface area contributed by atoms with Gasteiger partial charge in [0.05, 0.1) is 6.54 Å². The van der Waals surface area contributed by atoms with Crippen LogP contribution >= 0.6 is 0 Å². The van der Waals surface area contributed by atoms with Crippen LogP contribution in [-0.4, -0.2) is 83.3 Å². The molecule has 9 heteroatoms. The maximum atomic E-state index is 13.1. The van der Waals surface area contributed by atoms with Gasteiger partial charge in [-0.15, -0.1) is 0 Å². The highest BCUT2D eigenvalue weighted by atomic mass is 16.2. The van der Waals surface area contributed by atoms with E-state index in [2.05, 4.69) is 10.6 Å². The molecule has 1 aromatic carbocycles. The second kappa shape index (κ2) is 9.74. The van der Waals surface area contributed by atoms with E-state index in [1.807, 2.05) is 43.9 Å². The molecule has 1 spiro atoms. The van der Waals surface area contributed by atoms with Crippen molar-refractivity contribution in [2.24, 2.45) is 5.92 Å². The number of hydrogen-bond donors (Lipinski definition) is 2. The molecule has 3 fully saturated rings. The Morgan fingerprint density at radius 1 is 1.09 bits per heavy atom. The Morgan fingerprint density at radius 2 is 1.82 bits per heavy atom. The summed E-state index contributed by atoms with van der Waals surface area (Å²) < 4.78 is 0. The number of amides is 5. The van der Waals surface area contributed by atoms with E-state index in [9.17, 15) is 19.2 Å². The van der Waals surface area contributed by atoms with Crippen LogP contribution in [0.1, 0.15) is 43.7 Å². The zero-order valence-corrected chi connectivity index (χ0v) is 20.4. The highest BCUT2D eigenvalue weighted by molar-refractivity contribution is 6.09. The minimum absolute atomic E-state index is 0.0658. The summed E-state index contributed by atoms with van der Waals surface area (Å²) in [5.41, 5.74) is 2.14. The molecule has 9 nitrogen and oxygen atoms in total. The van der Waals surface area contributed by atoms with Crippen molar-refractivity contribution in [3.63, 3.8) is 0 Å². The van der Waals surface area contributed by atoms with Gasteiger partial charge in [0.1, 0.15) is 12.1 Å². The maximum Gasteiger partial charge on any atom is 0.325 e. The lowest BCUT2D eigenvalue weighted by molar-refractivity contribution is -0.141. The second-order valence-corrected chi connectivity index (χ2v) is 9.89. The molecule has 2 saturated heterocycles. The third kappa shape index (κ3) is 4.66. The van der Waals surface area contributed by atoms with Gasteiger partial charge in [0, 0.05) is 31.9 Å². The number of carbonyl (C=O) groups is 4. The number of urea groups is 1. The van der Waals surface area contributed by atoms with E-state index in [-0.39, 0.29) is 36.7 Å². The van der Waals surface area contributed by atoms with Crippen molar-refractivity contribution in [2.75, 3.05) is 44.6 Å². The Morgan fingerprint density at radius 3 is 2.53 bits per heavy atom. The minimum Gasteiger partial charge on any atom is -0.339 e. The van der Waals surface area contributed by atoms with Gasteiger partial charge in [-0.3, -0.25) is 24.2 Å². The molecule has 2 heterocycles. The summed E-state index contributed by atoms with van der Waals surface area (Å²) >= 11 is 0. The summed E-state index contributed by atoms with van der Waals surface area (Å²) in [6, 6.07) is 5.36. The maximum absolute atomic E-state index is 13.1. The Kier molecular flexibility index (Phi) is 6.93. The largest absolute Gasteiger partial charge is 0.339 e. The molecule has 0 unspecified atom stereocenters. The van der Waals surface area contributed by atoms with Crippen molar-refractivity contribution in [3.05, 3.63) is 29.3 Å². The van der Waals surface area contributed by atoms with E-state index in [0.29, 0.717) is 32.6 Å². The van der Waals surface area contributed by atoms with Gasteiger partial charge >= 0.3 is 6.03 Å². The average Bonchev–Trinajstić information content (AvgIpc) is 3.04. The second-order valence-electron chi connectivity index (χ2n) is 9.89. The first-order valence-corrected chi connectivity index (χ1v) is 12.2. The zero-order chi connectivity index (χ0) is 24.5. The summed E-state index contributed by atoms with van der Waals surface area (Å²) in [4.78, 5) is 55.9. The lowest BCUT2D eigenvalue weighted by Crippen LogP contribution is -2.55. The Balaban J connectivity index is 1.27. The first-order valence-electron chi connectivity index (χ1n) is 12.2. The van der Waals surface area contributed by atoms with Gasteiger partial charge in [0.15, 0.2) is 0 Å². The summed E-state index contributed by atoms with van der Waals surface area (Å²) in [7, 11) is 0. The average molecular weight is 470 g/mol. The number of carbonyl (C=O) groups excluding carboxylic acids is 4. The van der Waals surface area contributed by atoms with Crippen LogP contribution in [0.4, 0.5) is 10.5 Å². The number of benzene rings is 1. The number of anilines is 1. The summed E-state index contributed by atoms with van der Waals surface area (Å²) in [6.07, 6.45) is 3.48. The van der Waals surface area contributed by atoms with Crippen LogP contribution in [0.3, 0.4) is 0 Å². The molecular weight excluding hydrogens is 434 g/mol. The van der Waals surface area contributed by atoms with Crippen LogP contribution in [0.25, 0.3) is 0 Å². The predicted octanol–water partition coefficient (Wildman–Crippen LogP) is 1.89. The van der Waals surface area contributed by atoms with Gasteiger partial charge in [-0.25, -0.2) is 4.79 Å². The number of piperazine rings is 1. The predicted molar refractivity (Wildman–Crippen MR) is 128 cm³/mol. The molecule has 184 valence electrons. The van der Waals surface area contributed by atoms with Gasteiger partial charge in [0.2, 0.25) is 11.8 Å². The number of imide groups is 1. The van der Waals surface area contributed by atoms with Crippen molar-refractivity contribution < 1.29 is 19.2 Å². The van der Waals surface area contributed by atoms with Crippen LogP contribution in [-0.2, 0) is 14.4 Å². The molecule has 2 aliphatic heterocycles. The first-order chi connectivity index (χ1) is 16.2. The van der Waals surface area contributed by atoms with Crippen LogP contribution in [0.15, 0.2) is 18.2 Å². The highest BCUT2D eigenvalue weighted by Gasteiger charge is 2.55. The van der Waals surface area contributed by atoms with Gasteiger partial charge in [-0.2, -0.15) is 0 Å². The third-order valence-electron chi connectivity index (χ3n) is 7.77. The summed E-state index contributed by atoms with van der Waals surface area (Å²) in [5.74, 6) is -0.515. The van der Waals surface area contributed by atoms with E-state index in [1.165, 1.54) is 0 Å². The number of nitrogens with zero attached hydrogens (tertiary/aromatic N) is 3. The summed E-state index contributed by atoms with van der Waals surface area (Å²) in [5, 5.41) is 5.87. The van der Waals surface area contributed by atoms with Crippen LogP contribution in [0, 0.1) is 19.8 Å². The Hall–Kier alpha value is -2.94. The topological polar surface area (TPSA) is 102 Å². The molecular formula is C25H35N5O4. The lowest BCUT2D eigenvalue weighted by atomic mass is 9.73. The van der Waals surface area contributed by atoms with Crippen molar-refractivity contribution in [1.29, 1.82) is 0 Å². The fourth-order valence-electron chi connectivity index (χ4n) is 5.31. The molecule has 1 aliphatic carbocycles. The monoisotopic (exact) mass is 469 g/mol. The van der Waals surface area contributed by atoms with Crippen molar-refractivity contribution in [2.45, 2.75) is 52.0 Å². The van der Waals surface area contributed by atoms with Crippen molar-refractivity contribution in [3.8, 4) is 0 Å². The molecule has 5 amide bonds. The number of hydrogen-bond acceptors (Lipinski definition) is 5. The molecule has 2 N–H and O–H groups in total. The molecule has 4 rings (SSSR count). The van der Waals surface area contributed by atoms with E-state index >= 15 is 0 Å². The first kappa shape index (κ1) is 24.2. The zero-order valence-electron chi connectivity index (χ0n) is 20.4. The molecule has 1 saturated carbocycles. The molecule has 1 aromatic rings. The lowest BCUT2D eigenvalue weighted by Gasteiger charge is -2.37. The number of rotatable bonds is 5. The van der Waals surface area contributed by atoms with E-state index in [0.717, 1.165) is 41.0 Å². The quantitative estimate of drug-likeness (QED) is 0.642. The molecule has 3 aliphatic rings. The number of aryl methyl sites for hydroxylation is 1. The fraction of sp³-hybridized carbons (Fsp3) is 0.600. The van der Waals surface area contributed by atoms with Gasteiger partial charge in [0.25, 0.3) is 5.91 Å². The van der Waals surface area contributed by atoms with E-state index < -0.39 is 11.6 Å². The van der Waals surface area contributed by atoms with Crippen LogP contribution in [0.5, 0.6) is 0 Å². The standard InChI is InChI=1S/C25H35N5O4/c1-17-7-6-9-20(19(17)3)26-21(31)15-28-11-13-29(14-12-28)22(32)16-30-23(33)25(27-24(30)34)10-5-4-8-18(25)2/h6-7,9,18H,4-5,8,10-16H2,1-3H3,(H,26,31)(H,27,34)/t18-,25-/m0/s1. The van der Waals surface area contributed by atoms with Gasteiger partial charge < -0.3 is 15.5 Å². The van der Waals surface area contributed by atoms with Gasteiger partial charge in [-0.1, -0.05) is 31.9 Å². The highest BCUT2D eigenvalue weighted by Crippen LogP contribution is 2.38. The third-order valence-corrected chi connectivity index (χ3v) is 7.77. The molecule has 0 radical (unpaired) electrons. The smallest absolute Gasteiger partial charge is 0.325 e. The summed E-state index contributed by atoms with van der Waals surface area (Å²) in [6.45, 7) is 8.06. The van der Waals surface area contributed by atoms with E-state index in [4.69, 9.17) is 0 Å². The Bertz CT molecular complexity index is 988. The van der Waals surface area contributed by atoms with Crippen LogP contribution < -0.4 is 10.6 Å². The molecule has 0 aromatic heterocycles.